The zero-order valence-electron chi connectivity index (χ0n) is 12.8. The van der Waals surface area contributed by atoms with Crippen LogP contribution < -0.4 is 0 Å². The highest BCUT2D eigenvalue weighted by atomic mass is 16.2. The van der Waals surface area contributed by atoms with Gasteiger partial charge in [0.15, 0.2) is 6.04 Å². The van der Waals surface area contributed by atoms with Crippen LogP contribution in [0.1, 0.15) is 30.8 Å². The zero-order valence-corrected chi connectivity index (χ0v) is 12.8. The summed E-state index contributed by atoms with van der Waals surface area (Å²) in [7, 11) is 0. The number of benzene rings is 1. The van der Waals surface area contributed by atoms with Crippen LogP contribution in [0.4, 0.5) is 0 Å². The normalized spacial score (nSPS) is 16.3. The van der Waals surface area contributed by atoms with E-state index in [2.05, 4.69) is 28.5 Å². The first-order valence-electron chi connectivity index (χ1n) is 7.40. The SMILES string of the molecule is CC1=CCN(C(=O)C(c2ccccc2)n2nnnc2C)CC1. The highest BCUT2D eigenvalue weighted by Gasteiger charge is 2.30. The molecule has 6 heteroatoms. The molecule has 2 heterocycles. The lowest BCUT2D eigenvalue weighted by molar-refractivity contribution is -0.133. The van der Waals surface area contributed by atoms with Crippen molar-refractivity contribution in [1.82, 2.24) is 25.1 Å². The topological polar surface area (TPSA) is 63.9 Å². The van der Waals surface area contributed by atoms with E-state index in [1.54, 1.807) is 4.68 Å². The van der Waals surface area contributed by atoms with Crippen LogP contribution in [0, 0.1) is 6.92 Å². The van der Waals surface area contributed by atoms with E-state index in [9.17, 15) is 4.79 Å². The summed E-state index contributed by atoms with van der Waals surface area (Å²) in [6, 6.07) is 9.15. The van der Waals surface area contributed by atoms with Gasteiger partial charge in [0.25, 0.3) is 5.91 Å². The Kier molecular flexibility index (Phi) is 4.00. The second-order valence-corrected chi connectivity index (χ2v) is 5.57. The molecule has 1 aliphatic rings. The standard InChI is InChI=1S/C16H19N5O/c1-12-8-10-20(11-9-12)16(22)15(14-6-4-3-5-7-14)21-13(2)17-18-19-21/h3-8,15H,9-11H2,1-2H3. The number of aromatic nitrogens is 4. The summed E-state index contributed by atoms with van der Waals surface area (Å²) in [4.78, 5) is 14.9. The van der Waals surface area contributed by atoms with Crippen molar-refractivity contribution >= 4 is 5.91 Å². The monoisotopic (exact) mass is 297 g/mol. The molecule has 114 valence electrons. The van der Waals surface area contributed by atoms with Crippen LogP contribution in [-0.2, 0) is 4.79 Å². The van der Waals surface area contributed by atoms with Gasteiger partial charge in [-0.3, -0.25) is 4.79 Å². The molecule has 0 saturated carbocycles. The van der Waals surface area contributed by atoms with E-state index in [4.69, 9.17) is 0 Å². The van der Waals surface area contributed by atoms with Gasteiger partial charge in [0.1, 0.15) is 5.82 Å². The third kappa shape index (κ3) is 2.77. The van der Waals surface area contributed by atoms with Crippen LogP contribution in [0.3, 0.4) is 0 Å². The molecular formula is C16H19N5O. The molecule has 6 nitrogen and oxygen atoms in total. The Morgan fingerprint density at radius 3 is 2.59 bits per heavy atom. The molecule has 0 spiro atoms. The van der Waals surface area contributed by atoms with Gasteiger partial charge < -0.3 is 4.90 Å². The largest absolute Gasteiger partial charge is 0.336 e. The van der Waals surface area contributed by atoms with Gasteiger partial charge in [-0.25, -0.2) is 4.68 Å². The van der Waals surface area contributed by atoms with Crippen LogP contribution in [0.2, 0.25) is 0 Å². The number of rotatable bonds is 3. The van der Waals surface area contributed by atoms with Crippen LogP contribution in [0.5, 0.6) is 0 Å². The van der Waals surface area contributed by atoms with Crippen molar-refractivity contribution in [2.75, 3.05) is 13.1 Å². The minimum absolute atomic E-state index is 0.0327. The highest BCUT2D eigenvalue weighted by molar-refractivity contribution is 5.84. The molecule has 2 aromatic rings. The highest BCUT2D eigenvalue weighted by Crippen LogP contribution is 2.22. The number of tetrazole rings is 1. The van der Waals surface area contributed by atoms with Crippen molar-refractivity contribution in [3.05, 3.63) is 53.4 Å². The van der Waals surface area contributed by atoms with Gasteiger partial charge >= 0.3 is 0 Å². The molecule has 1 amide bonds. The second-order valence-electron chi connectivity index (χ2n) is 5.57. The molecule has 1 aromatic carbocycles. The number of hydrogen-bond acceptors (Lipinski definition) is 4. The van der Waals surface area contributed by atoms with Gasteiger partial charge in [-0.1, -0.05) is 42.0 Å². The van der Waals surface area contributed by atoms with Gasteiger partial charge in [-0.15, -0.1) is 5.10 Å². The first-order valence-corrected chi connectivity index (χ1v) is 7.40. The van der Waals surface area contributed by atoms with Crippen molar-refractivity contribution in [2.24, 2.45) is 0 Å². The fourth-order valence-corrected chi connectivity index (χ4v) is 2.64. The summed E-state index contributed by atoms with van der Waals surface area (Å²) in [5, 5.41) is 11.6. The molecule has 0 saturated heterocycles. The minimum atomic E-state index is -0.511. The third-order valence-electron chi connectivity index (χ3n) is 4.00. The predicted molar refractivity (Wildman–Crippen MR) is 82.1 cm³/mol. The minimum Gasteiger partial charge on any atom is -0.336 e. The smallest absolute Gasteiger partial charge is 0.252 e. The van der Waals surface area contributed by atoms with E-state index in [0.29, 0.717) is 12.4 Å². The van der Waals surface area contributed by atoms with Crippen molar-refractivity contribution < 1.29 is 4.79 Å². The second kappa shape index (κ2) is 6.09. The van der Waals surface area contributed by atoms with E-state index >= 15 is 0 Å². The third-order valence-corrected chi connectivity index (χ3v) is 4.00. The summed E-state index contributed by atoms with van der Waals surface area (Å²) >= 11 is 0. The summed E-state index contributed by atoms with van der Waals surface area (Å²) in [6.07, 6.45) is 3.03. The molecule has 1 unspecified atom stereocenters. The lowest BCUT2D eigenvalue weighted by atomic mass is 10.0. The molecule has 1 aromatic heterocycles. The predicted octanol–water partition coefficient (Wildman–Crippen LogP) is 1.75. The van der Waals surface area contributed by atoms with Gasteiger partial charge in [-0.2, -0.15) is 0 Å². The van der Waals surface area contributed by atoms with Crippen LogP contribution in [0.25, 0.3) is 0 Å². The molecule has 3 rings (SSSR count). The Labute approximate surface area is 129 Å². The Hall–Kier alpha value is -2.50. The summed E-state index contributed by atoms with van der Waals surface area (Å²) in [6.45, 7) is 5.30. The number of hydrogen-bond donors (Lipinski definition) is 0. The lowest BCUT2D eigenvalue weighted by Crippen LogP contribution is -2.40. The van der Waals surface area contributed by atoms with Gasteiger partial charge in [0, 0.05) is 13.1 Å². The van der Waals surface area contributed by atoms with Crippen molar-refractivity contribution in [3.8, 4) is 0 Å². The quantitative estimate of drug-likeness (QED) is 0.810. The number of amides is 1. The molecule has 0 N–H and O–H groups in total. The molecule has 0 fully saturated rings. The Bertz CT molecular complexity index is 692. The van der Waals surface area contributed by atoms with Crippen molar-refractivity contribution in [1.29, 1.82) is 0 Å². The first kappa shape index (κ1) is 14.4. The first-order chi connectivity index (χ1) is 10.7. The molecule has 1 atom stereocenters. The average molecular weight is 297 g/mol. The molecule has 0 radical (unpaired) electrons. The lowest BCUT2D eigenvalue weighted by Gasteiger charge is -2.29. The fraction of sp³-hybridized carbons (Fsp3) is 0.375. The molecule has 1 aliphatic heterocycles. The maximum atomic E-state index is 13.0. The zero-order chi connectivity index (χ0) is 15.5. The summed E-state index contributed by atoms with van der Waals surface area (Å²) in [5.41, 5.74) is 2.23. The van der Waals surface area contributed by atoms with Crippen LogP contribution in [0.15, 0.2) is 42.0 Å². The van der Waals surface area contributed by atoms with Gasteiger partial charge in [0.05, 0.1) is 0 Å². The molecule has 22 heavy (non-hydrogen) atoms. The number of nitrogens with zero attached hydrogens (tertiary/aromatic N) is 5. The number of carbonyl (C=O) groups excluding carboxylic acids is 1. The Balaban J connectivity index is 1.96. The molecular weight excluding hydrogens is 278 g/mol. The van der Waals surface area contributed by atoms with Crippen LogP contribution >= 0.6 is 0 Å². The Morgan fingerprint density at radius 1 is 1.23 bits per heavy atom. The maximum Gasteiger partial charge on any atom is 0.252 e. The number of carbonyl (C=O) groups is 1. The van der Waals surface area contributed by atoms with E-state index in [-0.39, 0.29) is 5.91 Å². The average Bonchev–Trinajstić information content (AvgIpc) is 2.95. The van der Waals surface area contributed by atoms with Gasteiger partial charge in [0.2, 0.25) is 0 Å². The maximum absolute atomic E-state index is 13.0. The fourth-order valence-electron chi connectivity index (χ4n) is 2.64. The van der Waals surface area contributed by atoms with E-state index in [0.717, 1.165) is 18.5 Å². The van der Waals surface area contributed by atoms with E-state index < -0.39 is 6.04 Å². The van der Waals surface area contributed by atoms with E-state index in [1.165, 1.54) is 5.57 Å². The Morgan fingerprint density at radius 2 is 2.00 bits per heavy atom. The van der Waals surface area contributed by atoms with Gasteiger partial charge in [-0.05, 0) is 36.3 Å². The molecule has 0 aliphatic carbocycles. The number of aryl methyl sites for hydroxylation is 1. The summed E-state index contributed by atoms with van der Waals surface area (Å²) in [5.74, 6) is 0.663. The van der Waals surface area contributed by atoms with E-state index in [1.807, 2.05) is 42.2 Å². The van der Waals surface area contributed by atoms with Crippen molar-refractivity contribution in [2.45, 2.75) is 26.3 Å². The summed E-state index contributed by atoms with van der Waals surface area (Å²) < 4.78 is 1.60. The van der Waals surface area contributed by atoms with Crippen LogP contribution in [-0.4, -0.2) is 44.1 Å². The molecule has 0 bridgehead atoms. The van der Waals surface area contributed by atoms with Crippen molar-refractivity contribution in [3.63, 3.8) is 0 Å².